The van der Waals surface area contributed by atoms with Crippen molar-refractivity contribution in [1.82, 2.24) is 5.32 Å². The lowest BCUT2D eigenvalue weighted by Crippen LogP contribution is -2.27. The van der Waals surface area contributed by atoms with Crippen molar-refractivity contribution < 1.29 is 24.5 Å². The van der Waals surface area contributed by atoms with Gasteiger partial charge in [0, 0.05) is 29.8 Å². The molecule has 2 unspecified atom stereocenters. The molecule has 2 aromatic rings. The van der Waals surface area contributed by atoms with E-state index >= 15 is 0 Å². The second-order valence-electron chi connectivity index (χ2n) is 8.63. The van der Waals surface area contributed by atoms with E-state index in [1.807, 2.05) is 12.1 Å². The first kappa shape index (κ1) is 22.8. The number of hydrogen-bond donors (Lipinski definition) is 3. The number of methoxy groups -OCH3 is 2. The van der Waals surface area contributed by atoms with Gasteiger partial charge < -0.3 is 25.0 Å². The number of aromatic hydroxyl groups is 2. The zero-order chi connectivity index (χ0) is 22.6. The molecule has 1 fully saturated rings. The minimum atomic E-state index is -0.286. The minimum Gasteiger partial charge on any atom is -0.508 e. The number of phenolic OH excluding ortho intramolecular Hbond substituents is 2. The van der Waals surface area contributed by atoms with Crippen molar-refractivity contribution in [1.29, 1.82) is 0 Å². The van der Waals surface area contributed by atoms with Crippen LogP contribution in [0.3, 0.4) is 0 Å². The van der Waals surface area contributed by atoms with E-state index in [0.717, 1.165) is 43.4 Å². The van der Waals surface area contributed by atoms with Crippen LogP contribution in [-0.2, 0) is 12.0 Å². The van der Waals surface area contributed by atoms with Crippen molar-refractivity contribution in [3.05, 3.63) is 47.0 Å². The fourth-order valence-corrected chi connectivity index (χ4v) is 4.94. The maximum Gasteiger partial charge on any atom is 0.255 e. The van der Waals surface area contributed by atoms with E-state index in [1.165, 1.54) is 19.2 Å². The average Bonchev–Trinajstić information content (AvgIpc) is 3.13. The second-order valence-corrected chi connectivity index (χ2v) is 8.63. The molecule has 1 aliphatic carbocycles. The highest BCUT2D eigenvalue weighted by molar-refractivity contribution is 5.97. The number of carbonyl (C=O) groups excluding carboxylic acids is 1. The van der Waals surface area contributed by atoms with E-state index < -0.39 is 0 Å². The first-order chi connectivity index (χ1) is 14.8. The second kappa shape index (κ2) is 9.50. The van der Waals surface area contributed by atoms with Crippen molar-refractivity contribution in [3.63, 3.8) is 0 Å². The molecular formula is C25H33NO5. The highest BCUT2D eigenvalue weighted by atomic mass is 16.5. The lowest BCUT2D eigenvalue weighted by Gasteiger charge is -2.32. The van der Waals surface area contributed by atoms with Gasteiger partial charge in [0.05, 0.1) is 19.8 Å². The molecule has 0 aliphatic heterocycles. The zero-order valence-electron chi connectivity index (χ0n) is 18.8. The third kappa shape index (κ3) is 4.73. The Bertz CT molecular complexity index is 938. The van der Waals surface area contributed by atoms with E-state index in [2.05, 4.69) is 19.2 Å². The van der Waals surface area contributed by atoms with Crippen molar-refractivity contribution in [3.8, 4) is 23.0 Å². The Kier molecular flexibility index (Phi) is 6.98. The molecule has 1 amide bonds. The van der Waals surface area contributed by atoms with E-state index in [0.29, 0.717) is 22.8 Å². The number of hydrogen-bond acceptors (Lipinski definition) is 5. The number of benzene rings is 2. The summed E-state index contributed by atoms with van der Waals surface area (Å²) in [4.78, 5) is 13.1. The Hall–Kier alpha value is -2.89. The Balaban J connectivity index is 1.95. The average molecular weight is 428 g/mol. The van der Waals surface area contributed by atoms with Gasteiger partial charge in [0.2, 0.25) is 0 Å². The molecule has 6 nitrogen and oxygen atoms in total. The molecule has 31 heavy (non-hydrogen) atoms. The third-order valence-corrected chi connectivity index (χ3v) is 6.43. The molecule has 0 radical (unpaired) electrons. The normalized spacial score (nSPS) is 20.5. The predicted octanol–water partition coefficient (Wildman–Crippen LogP) is 4.90. The number of carbonyl (C=O) groups is 1. The Morgan fingerprint density at radius 1 is 1.16 bits per heavy atom. The third-order valence-electron chi connectivity index (χ3n) is 6.43. The van der Waals surface area contributed by atoms with Crippen LogP contribution < -0.4 is 14.8 Å². The van der Waals surface area contributed by atoms with E-state index in [-0.39, 0.29) is 29.4 Å². The fourth-order valence-electron chi connectivity index (χ4n) is 4.94. The van der Waals surface area contributed by atoms with Gasteiger partial charge in [0.25, 0.3) is 5.91 Å². The summed E-state index contributed by atoms with van der Waals surface area (Å²) in [6.07, 6.45) is 5.42. The van der Waals surface area contributed by atoms with E-state index in [4.69, 9.17) is 9.47 Å². The van der Waals surface area contributed by atoms with Crippen molar-refractivity contribution in [2.24, 2.45) is 5.92 Å². The van der Waals surface area contributed by atoms with Gasteiger partial charge in [0.15, 0.2) is 0 Å². The summed E-state index contributed by atoms with van der Waals surface area (Å²) in [5, 5.41) is 22.3. The van der Waals surface area contributed by atoms with Crippen LogP contribution in [0.1, 0.15) is 67.4 Å². The topological polar surface area (TPSA) is 88.0 Å². The molecule has 2 atom stereocenters. The molecule has 2 aromatic carbocycles. The van der Waals surface area contributed by atoms with Crippen LogP contribution in [0.15, 0.2) is 30.3 Å². The number of nitrogens with one attached hydrogen (secondary N) is 1. The van der Waals surface area contributed by atoms with Gasteiger partial charge in [0.1, 0.15) is 23.0 Å². The first-order valence-corrected chi connectivity index (χ1v) is 10.9. The summed E-state index contributed by atoms with van der Waals surface area (Å²) in [5.74, 6) is 1.46. The van der Waals surface area contributed by atoms with Crippen LogP contribution in [-0.4, -0.2) is 30.3 Å². The fraction of sp³-hybridized carbons (Fsp3) is 0.480. The monoisotopic (exact) mass is 427 g/mol. The van der Waals surface area contributed by atoms with Crippen molar-refractivity contribution >= 4 is 5.91 Å². The number of ether oxygens (including phenoxy) is 2. The van der Waals surface area contributed by atoms with Gasteiger partial charge in [-0.15, -0.1) is 0 Å². The lowest BCUT2D eigenvalue weighted by atomic mass is 9.74. The van der Waals surface area contributed by atoms with Crippen molar-refractivity contribution in [2.75, 3.05) is 14.2 Å². The SMILES string of the molecule is CCCC1(c2cc(C(=O)NCc3ccc(O)cc3O)c(OC)cc2OC)CCC(C)C1. The van der Waals surface area contributed by atoms with Gasteiger partial charge in [-0.1, -0.05) is 20.3 Å². The van der Waals surface area contributed by atoms with Crippen LogP contribution in [0.2, 0.25) is 0 Å². The van der Waals surface area contributed by atoms with Crippen LogP contribution in [0.4, 0.5) is 0 Å². The molecule has 1 aliphatic rings. The van der Waals surface area contributed by atoms with Crippen LogP contribution >= 0.6 is 0 Å². The van der Waals surface area contributed by atoms with Crippen molar-refractivity contribution in [2.45, 2.75) is 57.9 Å². The van der Waals surface area contributed by atoms with E-state index in [9.17, 15) is 15.0 Å². The molecule has 0 aromatic heterocycles. The molecule has 0 saturated heterocycles. The highest BCUT2D eigenvalue weighted by Gasteiger charge is 2.41. The first-order valence-electron chi connectivity index (χ1n) is 10.9. The molecule has 0 bridgehead atoms. The van der Waals surface area contributed by atoms with Gasteiger partial charge in [-0.2, -0.15) is 0 Å². The standard InChI is InChI=1S/C25H33NO5/c1-5-9-25(10-8-16(2)14-25)20-12-19(22(30-3)13-23(20)31-4)24(29)26-15-17-6-7-18(27)11-21(17)28/h6-7,11-13,16,27-28H,5,8-10,14-15H2,1-4H3,(H,26,29). The van der Waals surface area contributed by atoms with E-state index in [1.54, 1.807) is 13.2 Å². The van der Waals surface area contributed by atoms with Gasteiger partial charge in [-0.25, -0.2) is 0 Å². The molecule has 0 heterocycles. The summed E-state index contributed by atoms with van der Waals surface area (Å²) in [6.45, 7) is 4.61. The summed E-state index contributed by atoms with van der Waals surface area (Å²) in [6, 6.07) is 8.05. The minimum absolute atomic E-state index is 0.00393. The Labute approximate surface area is 184 Å². The number of phenols is 2. The maximum atomic E-state index is 13.1. The summed E-state index contributed by atoms with van der Waals surface area (Å²) < 4.78 is 11.2. The summed E-state index contributed by atoms with van der Waals surface area (Å²) in [5.41, 5.74) is 2.04. The van der Waals surface area contributed by atoms with Gasteiger partial charge in [-0.3, -0.25) is 4.79 Å². The Morgan fingerprint density at radius 3 is 2.48 bits per heavy atom. The number of rotatable bonds is 8. The molecular weight excluding hydrogens is 394 g/mol. The zero-order valence-corrected chi connectivity index (χ0v) is 18.8. The highest BCUT2D eigenvalue weighted by Crippen LogP contribution is 2.51. The maximum absolute atomic E-state index is 13.1. The van der Waals surface area contributed by atoms with Crippen LogP contribution in [0, 0.1) is 5.92 Å². The molecule has 3 N–H and O–H groups in total. The molecule has 6 heteroatoms. The number of amides is 1. The van der Waals surface area contributed by atoms with Crippen LogP contribution in [0.25, 0.3) is 0 Å². The lowest BCUT2D eigenvalue weighted by molar-refractivity contribution is 0.0947. The predicted molar refractivity (Wildman–Crippen MR) is 120 cm³/mol. The Morgan fingerprint density at radius 2 is 1.90 bits per heavy atom. The van der Waals surface area contributed by atoms with Crippen LogP contribution in [0.5, 0.6) is 23.0 Å². The van der Waals surface area contributed by atoms with Gasteiger partial charge in [-0.05, 0) is 55.2 Å². The summed E-state index contributed by atoms with van der Waals surface area (Å²) in [7, 11) is 3.19. The van der Waals surface area contributed by atoms with Gasteiger partial charge >= 0.3 is 0 Å². The molecule has 168 valence electrons. The molecule has 0 spiro atoms. The summed E-state index contributed by atoms with van der Waals surface area (Å²) >= 11 is 0. The smallest absolute Gasteiger partial charge is 0.255 e. The molecule has 3 rings (SSSR count). The quantitative estimate of drug-likeness (QED) is 0.557. The molecule has 1 saturated carbocycles. The largest absolute Gasteiger partial charge is 0.508 e.